The summed E-state index contributed by atoms with van der Waals surface area (Å²) in [5.41, 5.74) is 0.197. The molecule has 0 aliphatic carbocycles. The Hall–Kier alpha value is -2.44. The lowest BCUT2D eigenvalue weighted by atomic mass is 10.1. The predicted molar refractivity (Wildman–Crippen MR) is 62.4 cm³/mol. The summed E-state index contributed by atoms with van der Waals surface area (Å²) in [5, 5.41) is 19.3. The largest absolute Gasteiger partial charge is 0.480 e. The van der Waals surface area contributed by atoms with Crippen LogP contribution in [0.15, 0.2) is 18.2 Å². The maximum atomic E-state index is 11.9. The van der Waals surface area contributed by atoms with Gasteiger partial charge < -0.3 is 10.0 Å². The quantitative estimate of drug-likeness (QED) is 0.637. The second-order valence-corrected chi connectivity index (χ2v) is 3.76. The van der Waals surface area contributed by atoms with Crippen LogP contribution in [0.4, 0.5) is 5.69 Å². The van der Waals surface area contributed by atoms with Gasteiger partial charge in [-0.2, -0.15) is 0 Å². The van der Waals surface area contributed by atoms with E-state index >= 15 is 0 Å². The Morgan fingerprint density at radius 2 is 2.06 bits per heavy atom. The van der Waals surface area contributed by atoms with Gasteiger partial charge in [-0.05, 0) is 13.0 Å². The number of carbonyl (C=O) groups is 2. The minimum atomic E-state index is -1.14. The van der Waals surface area contributed by atoms with E-state index in [1.54, 1.807) is 0 Å². The van der Waals surface area contributed by atoms with Gasteiger partial charge >= 0.3 is 5.97 Å². The Morgan fingerprint density at radius 1 is 1.44 bits per heavy atom. The van der Waals surface area contributed by atoms with E-state index in [0.29, 0.717) is 0 Å². The molecule has 1 amide bonds. The molecule has 0 aliphatic heterocycles. The third-order valence-electron chi connectivity index (χ3n) is 2.45. The Morgan fingerprint density at radius 3 is 2.56 bits per heavy atom. The minimum absolute atomic E-state index is 0.132. The molecule has 0 saturated heterocycles. The molecule has 7 nitrogen and oxygen atoms in total. The minimum Gasteiger partial charge on any atom is -0.480 e. The van der Waals surface area contributed by atoms with Gasteiger partial charge in [0.25, 0.3) is 11.6 Å². The summed E-state index contributed by atoms with van der Waals surface area (Å²) in [4.78, 5) is 33.6. The van der Waals surface area contributed by atoms with E-state index < -0.39 is 23.3 Å². The summed E-state index contributed by atoms with van der Waals surface area (Å²) in [5.74, 6) is -1.70. The Balaban J connectivity index is 3.10. The van der Waals surface area contributed by atoms with Crippen molar-refractivity contribution in [3.05, 3.63) is 39.4 Å². The lowest BCUT2D eigenvalue weighted by Crippen LogP contribution is -2.32. The van der Waals surface area contributed by atoms with Crippen molar-refractivity contribution in [1.29, 1.82) is 0 Å². The number of nitro benzene ring substituents is 1. The normalized spacial score (nSPS) is 9.89. The van der Waals surface area contributed by atoms with Crippen LogP contribution in [-0.4, -0.2) is 40.4 Å². The summed E-state index contributed by atoms with van der Waals surface area (Å²) in [7, 11) is 1.33. The summed E-state index contributed by atoms with van der Waals surface area (Å²) >= 11 is 0. The zero-order chi connectivity index (χ0) is 13.9. The molecule has 1 rings (SSSR count). The van der Waals surface area contributed by atoms with Crippen LogP contribution < -0.4 is 0 Å². The van der Waals surface area contributed by atoms with Crippen molar-refractivity contribution < 1.29 is 19.6 Å². The third-order valence-corrected chi connectivity index (χ3v) is 2.45. The van der Waals surface area contributed by atoms with Gasteiger partial charge in [-0.25, -0.2) is 0 Å². The van der Waals surface area contributed by atoms with E-state index in [4.69, 9.17) is 5.11 Å². The van der Waals surface area contributed by atoms with Crippen molar-refractivity contribution >= 4 is 17.6 Å². The molecule has 0 aromatic heterocycles. The number of rotatable bonds is 4. The number of nitrogens with zero attached hydrogens (tertiary/aromatic N) is 2. The summed E-state index contributed by atoms with van der Waals surface area (Å²) in [6.07, 6.45) is 0. The lowest BCUT2D eigenvalue weighted by Gasteiger charge is -2.15. The molecular formula is C11H12N2O5. The molecule has 96 valence electrons. The van der Waals surface area contributed by atoms with E-state index in [2.05, 4.69) is 0 Å². The first-order valence-electron chi connectivity index (χ1n) is 5.06. The molecule has 0 radical (unpaired) electrons. The van der Waals surface area contributed by atoms with Gasteiger partial charge in [0.15, 0.2) is 0 Å². The summed E-state index contributed by atoms with van der Waals surface area (Å²) < 4.78 is 0. The van der Waals surface area contributed by atoms with Gasteiger partial charge in [0, 0.05) is 24.2 Å². The molecule has 0 saturated carbocycles. The average Bonchev–Trinajstić information content (AvgIpc) is 2.27. The molecule has 0 spiro atoms. The molecule has 1 aromatic rings. The highest BCUT2D eigenvalue weighted by molar-refractivity contribution is 5.97. The van der Waals surface area contributed by atoms with E-state index in [-0.39, 0.29) is 16.8 Å². The molecule has 18 heavy (non-hydrogen) atoms. The molecular weight excluding hydrogens is 240 g/mol. The zero-order valence-corrected chi connectivity index (χ0v) is 9.91. The second kappa shape index (κ2) is 5.26. The number of carboxylic acids is 1. The third kappa shape index (κ3) is 2.82. The van der Waals surface area contributed by atoms with Crippen LogP contribution in [0.3, 0.4) is 0 Å². The van der Waals surface area contributed by atoms with Crippen LogP contribution in [0.1, 0.15) is 15.9 Å². The van der Waals surface area contributed by atoms with Gasteiger partial charge in [-0.15, -0.1) is 0 Å². The fourth-order valence-electron chi connectivity index (χ4n) is 1.53. The second-order valence-electron chi connectivity index (χ2n) is 3.76. The number of nitro groups is 1. The van der Waals surface area contributed by atoms with Gasteiger partial charge in [-0.3, -0.25) is 19.7 Å². The fraction of sp³-hybridized carbons (Fsp3) is 0.273. The Labute approximate surface area is 103 Å². The highest BCUT2D eigenvalue weighted by Gasteiger charge is 2.21. The van der Waals surface area contributed by atoms with Crippen LogP contribution in [0.2, 0.25) is 0 Å². The molecule has 7 heteroatoms. The van der Waals surface area contributed by atoms with Crippen LogP contribution >= 0.6 is 0 Å². The molecule has 0 unspecified atom stereocenters. The molecule has 0 aliphatic rings. The number of likely N-dealkylation sites (N-methyl/N-ethyl adjacent to an activating group) is 1. The topological polar surface area (TPSA) is 101 Å². The number of carboxylic acid groups (broad SMARTS) is 1. The van der Waals surface area contributed by atoms with E-state index in [1.165, 1.54) is 32.2 Å². The molecule has 0 bridgehead atoms. The monoisotopic (exact) mass is 252 g/mol. The highest BCUT2D eigenvalue weighted by Crippen LogP contribution is 2.21. The number of amides is 1. The van der Waals surface area contributed by atoms with Crippen molar-refractivity contribution in [2.75, 3.05) is 13.6 Å². The first-order chi connectivity index (χ1) is 8.34. The number of hydrogen-bond acceptors (Lipinski definition) is 4. The predicted octanol–water partition coefficient (Wildman–Crippen LogP) is 1.06. The maximum Gasteiger partial charge on any atom is 0.323 e. The molecule has 0 heterocycles. The zero-order valence-electron chi connectivity index (χ0n) is 9.91. The fourth-order valence-corrected chi connectivity index (χ4v) is 1.53. The van der Waals surface area contributed by atoms with E-state index in [9.17, 15) is 19.7 Å². The van der Waals surface area contributed by atoms with Crippen LogP contribution in [0, 0.1) is 17.0 Å². The van der Waals surface area contributed by atoms with Crippen molar-refractivity contribution in [2.24, 2.45) is 0 Å². The number of benzene rings is 1. The van der Waals surface area contributed by atoms with Crippen molar-refractivity contribution in [3.8, 4) is 0 Å². The van der Waals surface area contributed by atoms with Crippen LogP contribution in [0.5, 0.6) is 0 Å². The SMILES string of the molecule is Cc1c(C(=O)N(C)CC(=O)O)cccc1[N+](=O)[O-]. The molecule has 0 fully saturated rings. The van der Waals surface area contributed by atoms with Crippen LogP contribution in [-0.2, 0) is 4.79 Å². The number of hydrogen-bond donors (Lipinski definition) is 1. The van der Waals surface area contributed by atoms with E-state index in [1.807, 2.05) is 0 Å². The first-order valence-corrected chi connectivity index (χ1v) is 5.06. The smallest absolute Gasteiger partial charge is 0.323 e. The van der Waals surface area contributed by atoms with Gasteiger partial charge in [0.2, 0.25) is 0 Å². The summed E-state index contributed by atoms with van der Waals surface area (Å²) in [6, 6.07) is 4.12. The summed E-state index contributed by atoms with van der Waals surface area (Å²) in [6.45, 7) is 1.00. The molecule has 1 aromatic carbocycles. The maximum absolute atomic E-state index is 11.9. The number of carbonyl (C=O) groups excluding carboxylic acids is 1. The van der Waals surface area contributed by atoms with Crippen LogP contribution in [0.25, 0.3) is 0 Å². The highest BCUT2D eigenvalue weighted by atomic mass is 16.6. The molecule has 1 N–H and O–H groups in total. The first kappa shape index (κ1) is 13.6. The van der Waals surface area contributed by atoms with Crippen molar-refractivity contribution in [2.45, 2.75) is 6.92 Å². The average molecular weight is 252 g/mol. The standard InChI is InChI=1S/C11H12N2O5/c1-7-8(4-3-5-9(7)13(17)18)11(16)12(2)6-10(14)15/h3-5H,6H2,1-2H3,(H,14,15). The van der Waals surface area contributed by atoms with Gasteiger partial charge in [0.1, 0.15) is 6.54 Å². The van der Waals surface area contributed by atoms with E-state index in [0.717, 1.165) is 4.90 Å². The van der Waals surface area contributed by atoms with Gasteiger partial charge in [0.05, 0.1) is 4.92 Å². The lowest BCUT2D eigenvalue weighted by molar-refractivity contribution is -0.385. The Kier molecular flexibility index (Phi) is 3.98. The van der Waals surface area contributed by atoms with Crippen molar-refractivity contribution in [1.82, 2.24) is 4.90 Å². The van der Waals surface area contributed by atoms with Crippen molar-refractivity contribution in [3.63, 3.8) is 0 Å². The Bertz CT molecular complexity index is 512. The number of aliphatic carboxylic acids is 1. The van der Waals surface area contributed by atoms with Gasteiger partial charge in [-0.1, -0.05) is 6.07 Å². The molecule has 0 atom stereocenters.